The lowest BCUT2D eigenvalue weighted by Crippen LogP contribution is -2.52. The Bertz CT molecular complexity index is 431. The Morgan fingerprint density at radius 2 is 2.25 bits per heavy atom. The fourth-order valence-electron chi connectivity index (χ4n) is 3.55. The molecule has 2 atom stereocenters. The van der Waals surface area contributed by atoms with Crippen molar-refractivity contribution in [2.75, 3.05) is 19.6 Å². The van der Waals surface area contributed by atoms with Gasteiger partial charge in [-0.15, -0.1) is 0 Å². The highest BCUT2D eigenvalue weighted by molar-refractivity contribution is 5.79. The predicted molar refractivity (Wildman–Crippen MR) is 75.0 cm³/mol. The van der Waals surface area contributed by atoms with E-state index in [-0.39, 0.29) is 11.8 Å². The predicted octanol–water partition coefficient (Wildman–Crippen LogP) is 0.728. The van der Waals surface area contributed by atoms with Crippen molar-refractivity contribution in [1.29, 1.82) is 0 Å². The van der Waals surface area contributed by atoms with Crippen LogP contribution in [0, 0.1) is 5.92 Å². The van der Waals surface area contributed by atoms with Gasteiger partial charge in [0.1, 0.15) is 0 Å². The number of aromatic amines is 1. The molecule has 1 aromatic rings. The van der Waals surface area contributed by atoms with Gasteiger partial charge < -0.3 is 5.32 Å². The van der Waals surface area contributed by atoms with Crippen molar-refractivity contribution in [3.8, 4) is 0 Å². The van der Waals surface area contributed by atoms with E-state index in [0.717, 1.165) is 25.0 Å². The third kappa shape index (κ3) is 3.00. The minimum absolute atomic E-state index is 0.182. The number of aromatic nitrogens is 3. The molecule has 0 saturated carbocycles. The zero-order valence-electron chi connectivity index (χ0n) is 11.8. The van der Waals surface area contributed by atoms with Crippen molar-refractivity contribution in [2.45, 2.75) is 44.6 Å². The fourth-order valence-corrected chi connectivity index (χ4v) is 3.55. The van der Waals surface area contributed by atoms with Gasteiger partial charge in [-0.2, -0.15) is 15.4 Å². The van der Waals surface area contributed by atoms with Crippen LogP contribution in [0.2, 0.25) is 0 Å². The van der Waals surface area contributed by atoms with Gasteiger partial charge in [-0.05, 0) is 38.8 Å². The van der Waals surface area contributed by atoms with Crippen molar-refractivity contribution in [1.82, 2.24) is 25.6 Å². The minimum Gasteiger partial charge on any atom is -0.355 e. The van der Waals surface area contributed by atoms with Crippen LogP contribution in [0.1, 0.15) is 37.8 Å². The van der Waals surface area contributed by atoms with Gasteiger partial charge in [0.25, 0.3) is 0 Å². The maximum Gasteiger partial charge on any atom is 0.224 e. The smallest absolute Gasteiger partial charge is 0.224 e. The number of nitrogens with one attached hydrogen (secondary N) is 2. The molecule has 0 unspecified atom stereocenters. The number of hydrogen-bond donors (Lipinski definition) is 2. The van der Waals surface area contributed by atoms with Gasteiger partial charge in [-0.3, -0.25) is 9.69 Å². The molecule has 2 aliphatic rings. The second-order valence-electron chi connectivity index (χ2n) is 5.85. The molecule has 6 nitrogen and oxygen atoms in total. The average molecular weight is 277 g/mol. The molecule has 0 radical (unpaired) electrons. The molecular weight excluding hydrogens is 254 g/mol. The summed E-state index contributed by atoms with van der Waals surface area (Å²) in [4.78, 5) is 14.9. The highest BCUT2D eigenvalue weighted by Crippen LogP contribution is 2.30. The Morgan fingerprint density at radius 1 is 1.35 bits per heavy atom. The van der Waals surface area contributed by atoms with Crippen LogP contribution < -0.4 is 5.32 Å². The lowest BCUT2D eigenvalue weighted by atomic mass is 9.83. The quantitative estimate of drug-likeness (QED) is 0.851. The van der Waals surface area contributed by atoms with Crippen LogP contribution in [0.3, 0.4) is 0 Å². The summed E-state index contributed by atoms with van der Waals surface area (Å²) in [6, 6.07) is 0.476. The van der Waals surface area contributed by atoms with Gasteiger partial charge in [0, 0.05) is 19.0 Å². The Balaban J connectivity index is 1.50. The van der Waals surface area contributed by atoms with E-state index in [1.54, 1.807) is 6.20 Å². The molecule has 3 rings (SSSR count). The second kappa shape index (κ2) is 6.35. The molecule has 2 N–H and O–H groups in total. The van der Waals surface area contributed by atoms with Gasteiger partial charge >= 0.3 is 0 Å². The summed E-state index contributed by atoms with van der Waals surface area (Å²) in [6.07, 6.45) is 8.37. The number of H-pyrrole nitrogens is 1. The molecule has 0 bridgehead atoms. The molecule has 0 spiro atoms. The van der Waals surface area contributed by atoms with Crippen LogP contribution in [0.5, 0.6) is 0 Å². The first-order valence-corrected chi connectivity index (χ1v) is 7.71. The highest BCUT2D eigenvalue weighted by Gasteiger charge is 2.36. The molecule has 2 saturated heterocycles. The molecule has 2 fully saturated rings. The molecule has 0 aliphatic carbocycles. The van der Waals surface area contributed by atoms with E-state index in [0.29, 0.717) is 12.6 Å². The molecule has 0 aromatic carbocycles. The summed E-state index contributed by atoms with van der Waals surface area (Å²) in [5.74, 6) is 0.409. The number of nitrogens with zero attached hydrogens (tertiary/aromatic N) is 3. The molecule has 6 heteroatoms. The van der Waals surface area contributed by atoms with Gasteiger partial charge in [0.15, 0.2) is 0 Å². The van der Waals surface area contributed by atoms with Crippen molar-refractivity contribution < 1.29 is 4.79 Å². The first kappa shape index (κ1) is 13.5. The zero-order chi connectivity index (χ0) is 13.8. The summed E-state index contributed by atoms with van der Waals surface area (Å²) in [5.41, 5.74) is 0.897. The fraction of sp³-hybridized carbons (Fsp3) is 0.786. The molecule has 110 valence electrons. The van der Waals surface area contributed by atoms with Crippen LogP contribution in [-0.2, 0) is 11.2 Å². The van der Waals surface area contributed by atoms with Crippen LogP contribution in [0.15, 0.2) is 6.20 Å². The highest BCUT2D eigenvalue weighted by atomic mass is 16.1. The summed E-state index contributed by atoms with van der Waals surface area (Å²) < 4.78 is 0. The molecular formula is C14H23N5O. The van der Waals surface area contributed by atoms with E-state index < -0.39 is 0 Å². The maximum atomic E-state index is 12.4. The standard InChI is InChI=1S/C14H23N5O/c20-14(15-7-6-11-10-16-18-17-11)12-4-3-9-19-8-2-1-5-13(12)19/h10,12-13H,1-9H2,(H,15,20)(H,16,17,18)/t12-,13-/m1/s1. The number of carbonyl (C=O) groups is 1. The van der Waals surface area contributed by atoms with Gasteiger partial charge in [0.05, 0.1) is 17.8 Å². The van der Waals surface area contributed by atoms with E-state index in [1.165, 1.54) is 32.4 Å². The Kier molecular flexibility index (Phi) is 4.30. The number of amides is 1. The van der Waals surface area contributed by atoms with Crippen molar-refractivity contribution in [2.24, 2.45) is 5.92 Å². The van der Waals surface area contributed by atoms with Crippen LogP contribution in [0.25, 0.3) is 0 Å². The third-order valence-corrected chi connectivity index (χ3v) is 4.57. The number of rotatable bonds is 4. The minimum atomic E-state index is 0.182. The Labute approximate surface area is 119 Å². The summed E-state index contributed by atoms with van der Waals surface area (Å²) in [5, 5.41) is 13.4. The molecule has 20 heavy (non-hydrogen) atoms. The molecule has 2 aliphatic heterocycles. The normalized spacial score (nSPS) is 27.0. The van der Waals surface area contributed by atoms with Crippen molar-refractivity contribution in [3.05, 3.63) is 11.9 Å². The average Bonchev–Trinajstić information content (AvgIpc) is 3.00. The summed E-state index contributed by atoms with van der Waals surface area (Å²) >= 11 is 0. The van der Waals surface area contributed by atoms with E-state index in [1.807, 2.05) is 0 Å². The summed E-state index contributed by atoms with van der Waals surface area (Å²) in [7, 11) is 0. The lowest BCUT2D eigenvalue weighted by Gasteiger charge is -2.43. The van der Waals surface area contributed by atoms with Crippen LogP contribution in [0.4, 0.5) is 0 Å². The van der Waals surface area contributed by atoms with E-state index in [9.17, 15) is 4.79 Å². The molecule has 1 amide bonds. The van der Waals surface area contributed by atoms with Gasteiger partial charge in [-0.1, -0.05) is 6.42 Å². The Morgan fingerprint density at radius 3 is 3.10 bits per heavy atom. The number of fused-ring (bicyclic) bond motifs is 1. The van der Waals surface area contributed by atoms with E-state index in [2.05, 4.69) is 25.6 Å². The van der Waals surface area contributed by atoms with E-state index in [4.69, 9.17) is 0 Å². The first-order valence-electron chi connectivity index (χ1n) is 7.71. The number of piperidine rings is 2. The largest absolute Gasteiger partial charge is 0.355 e. The van der Waals surface area contributed by atoms with Gasteiger partial charge in [-0.25, -0.2) is 0 Å². The summed E-state index contributed by atoms with van der Waals surface area (Å²) in [6.45, 7) is 3.00. The van der Waals surface area contributed by atoms with Crippen molar-refractivity contribution in [3.63, 3.8) is 0 Å². The second-order valence-corrected chi connectivity index (χ2v) is 5.85. The van der Waals surface area contributed by atoms with E-state index >= 15 is 0 Å². The van der Waals surface area contributed by atoms with Crippen LogP contribution >= 0.6 is 0 Å². The van der Waals surface area contributed by atoms with Gasteiger partial charge in [0.2, 0.25) is 5.91 Å². The first-order chi connectivity index (χ1) is 9.84. The topological polar surface area (TPSA) is 73.9 Å². The SMILES string of the molecule is O=C(NCCc1cn[nH]n1)[C@@H]1CCCN2CCCC[C@H]12. The maximum absolute atomic E-state index is 12.4. The zero-order valence-corrected chi connectivity index (χ0v) is 11.8. The monoisotopic (exact) mass is 277 g/mol. The van der Waals surface area contributed by atoms with Crippen LogP contribution in [-0.4, -0.2) is 51.9 Å². The Hall–Kier alpha value is -1.43. The molecule has 3 heterocycles. The van der Waals surface area contributed by atoms with Crippen molar-refractivity contribution >= 4 is 5.91 Å². The number of hydrogen-bond acceptors (Lipinski definition) is 4. The lowest BCUT2D eigenvalue weighted by molar-refractivity contribution is -0.129. The molecule has 1 aromatic heterocycles. The third-order valence-electron chi connectivity index (χ3n) is 4.57. The number of carbonyl (C=O) groups excluding carboxylic acids is 1.